The standard InChI is InChI=1S/C13H9F17OS/c14-6(15,1-2-32-4-5-3-31-5)7(16,17)8(18,19)9(20,21)10(22,23)11(24,25)12(26,27)13(28,29)30/h5H,1-4H2. The van der Waals surface area contributed by atoms with Gasteiger partial charge >= 0.3 is 47.6 Å². The van der Waals surface area contributed by atoms with Crippen LogP contribution in [0, 0.1) is 0 Å². The van der Waals surface area contributed by atoms with Gasteiger partial charge in [0.05, 0.1) is 12.7 Å². The second-order valence-electron chi connectivity index (χ2n) is 6.43. The van der Waals surface area contributed by atoms with Crippen molar-refractivity contribution in [1.82, 2.24) is 0 Å². The lowest BCUT2D eigenvalue weighted by Crippen LogP contribution is -2.74. The molecule has 0 aromatic rings. The molecule has 1 unspecified atom stereocenters. The van der Waals surface area contributed by atoms with Crippen molar-refractivity contribution in [2.75, 3.05) is 18.1 Å². The Morgan fingerprint density at radius 1 is 0.562 bits per heavy atom. The number of thioether (sulfide) groups is 1. The molecule has 1 atom stereocenters. The van der Waals surface area contributed by atoms with E-state index in [0.717, 1.165) is 0 Å². The molecule has 19 heteroatoms. The van der Waals surface area contributed by atoms with E-state index in [0.29, 0.717) is 11.8 Å². The molecule has 0 amide bonds. The van der Waals surface area contributed by atoms with Gasteiger partial charge in [-0.2, -0.15) is 86.4 Å². The minimum absolute atomic E-state index is 0.121. The van der Waals surface area contributed by atoms with E-state index in [4.69, 9.17) is 0 Å². The molecule has 192 valence electrons. The first-order valence-electron chi connectivity index (χ1n) is 7.73. The first kappa shape index (κ1) is 29.2. The Balaban J connectivity index is 3.31. The van der Waals surface area contributed by atoms with Crippen LogP contribution in [0.2, 0.25) is 0 Å². The van der Waals surface area contributed by atoms with Crippen molar-refractivity contribution < 1.29 is 79.4 Å². The highest BCUT2D eigenvalue weighted by atomic mass is 32.2. The number of hydrogen-bond acceptors (Lipinski definition) is 2. The van der Waals surface area contributed by atoms with E-state index in [1.54, 1.807) is 0 Å². The molecule has 0 aromatic heterocycles. The third-order valence-electron chi connectivity index (χ3n) is 4.05. The van der Waals surface area contributed by atoms with E-state index >= 15 is 0 Å². The average molecular weight is 536 g/mol. The molecule has 0 bridgehead atoms. The van der Waals surface area contributed by atoms with Gasteiger partial charge in [0.25, 0.3) is 0 Å². The van der Waals surface area contributed by atoms with E-state index < -0.39 is 65.9 Å². The van der Waals surface area contributed by atoms with Crippen molar-refractivity contribution in [2.45, 2.75) is 60.2 Å². The molecule has 0 N–H and O–H groups in total. The Hall–Kier alpha value is -0.880. The largest absolute Gasteiger partial charge is 0.460 e. The monoisotopic (exact) mass is 536 g/mol. The number of hydrogen-bond donors (Lipinski definition) is 0. The normalized spacial score (nSPS) is 20.0. The number of rotatable bonds is 11. The summed E-state index contributed by atoms with van der Waals surface area (Å²) in [5.74, 6) is -57.2. The third-order valence-corrected chi connectivity index (χ3v) is 5.15. The third kappa shape index (κ3) is 4.31. The van der Waals surface area contributed by atoms with Crippen LogP contribution in [0.4, 0.5) is 74.6 Å². The van der Waals surface area contributed by atoms with E-state index in [2.05, 4.69) is 4.74 Å². The second-order valence-corrected chi connectivity index (χ2v) is 7.58. The minimum Gasteiger partial charge on any atom is -0.372 e. The van der Waals surface area contributed by atoms with Crippen molar-refractivity contribution in [3.8, 4) is 0 Å². The van der Waals surface area contributed by atoms with Gasteiger partial charge in [-0.1, -0.05) is 0 Å². The summed E-state index contributed by atoms with van der Waals surface area (Å²) in [4.78, 5) is 0. The first-order chi connectivity index (χ1) is 13.8. The summed E-state index contributed by atoms with van der Waals surface area (Å²) in [6.07, 6.45) is -10.7. The van der Waals surface area contributed by atoms with Gasteiger partial charge in [-0.25, -0.2) is 0 Å². The fraction of sp³-hybridized carbons (Fsp3) is 1.00. The molecule has 1 rings (SSSR count). The highest BCUT2D eigenvalue weighted by Crippen LogP contribution is 2.64. The number of epoxide rings is 1. The van der Waals surface area contributed by atoms with Crippen molar-refractivity contribution in [2.24, 2.45) is 0 Å². The van der Waals surface area contributed by atoms with Crippen LogP contribution in [-0.4, -0.2) is 71.9 Å². The maximum absolute atomic E-state index is 13.5. The van der Waals surface area contributed by atoms with Crippen molar-refractivity contribution in [1.29, 1.82) is 0 Å². The van der Waals surface area contributed by atoms with Crippen LogP contribution in [0.1, 0.15) is 6.42 Å². The quantitative estimate of drug-likeness (QED) is 0.170. The molecule has 0 spiro atoms. The zero-order valence-corrected chi connectivity index (χ0v) is 15.5. The number of alkyl halides is 17. The van der Waals surface area contributed by atoms with Gasteiger partial charge in [-0.3, -0.25) is 0 Å². The van der Waals surface area contributed by atoms with Crippen LogP contribution in [0.25, 0.3) is 0 Å². The van der Waals surface area contributed by atoms with Gasteiger partial charge in [-0.15, -0.1) is 0 Å². The van der Waals surface area contributed by atoms with Gasteiger partial charge in [0.1, 0.15) is 0 Å². The van der Waals surface area contributed by atoms with E-state index in [1.165, 1.54) is 0 Å². The van der Waals surface area contributed by atoms with Crippen LogP contribution >= 0.6 is 11.8 Å². The van der Waals surface area contributed by atoms with Gasteiger partial charge < -0.3 is 4.74 Å². The molecule has 1 heterocycles. The van der Waals surface area contributed by atoms with Crippen LogP contribution in [-0.2, 0) is 4.74 Å². The van der Waals surface area contributed by atoms with Gasteiger partial charge in [0.2, 0.25) is 0 Å². The van der Waals surface area contributed by atoms with Crippen LogP contribution in [0.3, 0.4) is 0 Å². The first-order valence-corrected chi connectivity index (χ1v) is 8.89. The predicted molar refractivity (Wildman–Crippen MR) is 72.4 cm³/mol. The Bertz CT molecular complexity index is 666. The molecule has 1 aliphatic rings. The summed E-state index contributed by atoms with van der Waals surface area (Å²) in [7, 11) is 0. The zero-order valence-electron chi connectivity index (χ0n) is 14.6. The average Bonchev–Trinajstić information content (AvgIpc) is 3.41. The molecule has 0 aliphatic carbocycles. The number of halogens is 17. The van der Waals surface area contributed by atoms with Gasteiger partial charge in [-0.05, 0) is 5.75 Å². The van der Waals surface area contributed by atoms with Gasteiger partial charge in [0.15, 0.2) is 0 Å². The fourth-order valence-electron chi connectivity index (χ4n) is 1.93. The molecule has 1 fully saturated rings. The van der Waals surface area contributed by atoms with Crippen LogP contribution in [0.5, 0.6) is 0 Å². The van der Waals surface area contributed by atoms with E-state index in [1.807, 2.05) is 0 Å². The summed E-state index contributed by atoms with van der Waals surface area (Å²) in [6.45, 7) is 0.121. The molecule has 1 saturated heterocycles. The summed E-state index contributed by atoms with van der Waals surface area (Å²) in [5, 5.41) is 0. The van der Waals surface area contributed by atoms with Crippen LogP contribution < -0.4 is 0 Å². The smallest absolute Gasteiger partial charge is 0.372 e. The van der Waals surface area contributed by atoms with Crippen molar-refractivity contribution in [3.05, 3.63) is 0 Å². The van der Waals surface area contributed by atoms with E-state index in [-0.39, 0.29) is 12.4 Å². The molecular formula is C13H9F17OS. The lowest BCUT2D eigenvalue weighted by Gasteiger charge is -2.42. The lowest BCUT2D eigenvalue weighted by molar-refractivity contribution is -0.461. The minimum atomic E-state index is -8.58. The van der Waals surface area contributed by atoms with Crippen LogP contribution in [0.15, 0.2) is 0 Å². The highest BCUT2D eigenvalue weighted by molar-refractivity contribution is 7.99. The van der Waals surface area contributed by atoms with Crippen molar-refractivity contribution in [3.63, 3.8) is 0 Å². The lowest BCUT2D eigenvalue weighted by atomic mass is 9.88. The summed E-state index contributed by atoms with van der Waals surface area (Å²) in [6, 6.07) is 0. The maximum Gasteiger partial charge on any atom is 0.460 e. The zero-order chi connectivity index (χ0) is 25.8. The van der Waals surface area contributed by atoms with Gasteiger partial charge in [0, 0.05) is 12.2 Å². The molecule has 1 nitrogen and oxygen atoms in total. The molecule has 1 aliphatic heterocycles. The summed E-state index contributed by atoms with van der Waals surface area (Å²) >= 11 is 0.338. The Morgan fingerprint density at radius 2 is 0.906 bits per heavy atom. The molecule has 0 saturated carbocycles. The summed E-state index contributed by atoms with van der Waals surface area (Å²) < 4.78 is 226. The topological polar surface area (TPSA) is 12.5 Å². The fourth-order valence-corrected chi connectivity index (χ4v) is 2.96. The Kier molecular flexibility index (Phi) is 7.39. The SMILES string of the molecule is FC(F)(F)C(F)(F)C(F)(F)C(F)(F)C(F)(F)C(F)(F)C(F)(F)C(F)(F)CCSCC1CO1. The highest BCUT2D eigenvalue weighted by Gasteiger charge is 2.95. The maximum atomic E-state index is 13.5. The van der Waals surface area contributed by atoms with E-state index in [9.17, 15) is 74.6 Å². The summed E-state index contributed by atoms with van der Waals surface area (Å²) in [5.41, 5.74) is 0. The number of ether oxygens (including phenoxy) is 1. The second kappa shape index (κ2) is 8.11. The Morgan fingerprint density at radius 3 is 1.25 bits per heavy atom. The molecule has 32 heavy (non-hydrogen) atoms. The molecule has 0 radical (unpaired) electrons. The molecular weight excluding hydrogens is 527 g/mol. The molecule has 0 aromatic carbocycles. The Labute approximate surface area is 170 Å². The van der Waals surface area contributed by atoms with Crippen molar-refractivity contribution >= 4 is 11.8 Å². The predicted octanol–water partition coefficient (Wildman–Crippen LogP) is 6.52.